The molecular formula is C41H27N3. The molecule has 44 heavy (non-hydrogen) atoms. The summed E-state index contributed by atoms with van der Waals surface area (Å²) in [5, 5.41) is 3.45. The first-order chi connectivity index (χ1) is 21.8. The van der Waals surface area contributed by atoms with E-state index in [0.717, 1.165) is 55.6 Å². The van der Waals surface area contributed by atoms with Gasteiger partial charge in [-0.15, -0.1) is 0 Å². The smallest absolute Gasteiger partial charge is 0.160 e. The van der Waals surface area contributed by atoms with Gasteiger partial charge in [-0.25, -0.2) is 15.0 Å². The van der Waals surface area contributed by atoms with Crippen LogP contribution in [-0.4, -0.2) is 15.0 Å². The molecule has 206 valence electrons. The van der Waals surface area contributed by atoms with Crippen molar-refractivity contribution < 1.29 is 0 Å². The van der Waals surface area contributed by atoms with Crippen LogP contribution < -0.4 is 0 Å². The minimum Gasteiger partial charge on any atom is -0.247 e. The van der Waals surface area contributed by atoms with E-state index in [-0.39, 0.29) is 0 Å². The molecule has 0 saturated heterocycles. The van der Waals surface area contributed by atoms with Gasteiger partial charge in [-0.05, 0) is 23.3 Å². The van der Waals surface area contributed by atoms with Gasteiger partial charge in [-0.1, -0.05) is 152 Å². The van der Waals surface area contributed by atoms with E-state index in [1.165, 1.54) is 16.5 Å². The van der Waals surface area contributed by atoms with Crippen LogP contribution in [0.1, 0.15) is 0 Å². The van der Waals surface area contributed by atoms with Crippen molar-refractivity contribution >= 4 is 21.7 Å². The molecule has 0 amide bonds. The van der Waals surface area contributed by atoms with Gasteiger partial charge in [0.2, 0.25) is 0 Å². The molecular weight excluding hydrogens is 534 g/mol. The third-order valence-corrected chi connectivity index (χ3v) is 8.07. The Morgan fingerprint density at radius 3 is 1.57 bits per heavy atom. The van der Waals surface area contributed by atoms with Crippen LogP contribution in [0.25, 0.3) is 78.0 Å². The van der Waals surface area contributed by atoms with E-state index in [0.29, 0.717) is 5.82 Å². The summed E-state index contributed by atoms with van der Waals surface area (Å²) >= 11 is 0. The Balaban J connectivity index is 1.39. The van der Waals surface area contributed by atoms with Crippen molar-refractivity contribution in [3.8, 4) is 56.3 Å². The second-order valence-corrected chi connectivity index (χ2v) is 10.8. The fraction of sp³-hybridized carbons (Fsp3) is 0. The summed E-state index contributed by atoms with van der Waals surface area (Å²) in [5.41, 5.74) is 10.2. The Labute approximate surface area is 256 Å². The molecule has 3 heteroatoms. The third-order valence-electron chi connectivity index (χ3n) is 8.07. The number of fused-ring (bicyclic) bond motifs is 3. The lowest BCUT2D eigenvalue weighted by atomic mass is 9.92. The molecule has 0 aliphatic carbocycles. The Hall–Kier alpha value is -5.93. The Kier molecular flexibility index (Phi) is 6.47. The topological polar surface area (TPSA) is 38.7 Å². The highest BCUT2D eigenvalue weighted by Gasteiger charge is 2.16. The van der Waals surface area contributed by atoms with Gasteiger partial charge >= 0.3 is 0 Å². The number of nitrogens with zero attached hydrogens (tertiary/aromatic N) is 3. The predicted octanol–water partition coefficient (Wildman–Crippen LogP) is 10.5. The van der Waals surface area contributed by atoms with Crippen molar-refractivity contribution in [3.05, 3.63) is 164 Å². The van der Waals surface area contributed by atoms with Crippen molar-refractivity contribution in [2.45, 2.75) is 0 Å². The minimum atomic E-state index is 0.699. The summed E-state index contributed by atoms with van der Waals surface area (Å²) < 4.78 is 0. The van der Waals surface area contributed by atoms with Crippen molar-refractivity contribution in [2.24, 2.45) is 0 Å². The monoisotopic (exact) mass is 561 g/mol. The van der Waals surface area contributed by atoms with E-state index >= 15 is 0 Å². The summed E-state index contributed by atoms with van der Waals surface area (Å²) in [6, 6.07) is 56.7. The van der Waals surface area contributed by atoms with E-state index in [2.05, 4.69) is 121 Å². The molecule has 0 saturated carbocycles. The molecule has 0 unspecified atom stereocenters. The molecule has 0 fully saturated rings. The minimum absolute atomic E-state index is 0.699. The van der Waals surface area contributed by atoms with E-state index in [4.69, 9.17) is 15.0 Å². The van der Waals surface area contributed by atoms with Gasteiger partial charge in [-0.3, -0.25) is 0 Å². The van der Waals surface area contributed by atoms with Gasteiger partial charge in [0, 0.05) is 38.4 Å². The first kappa shape index (κ1) is 25.8. The highest BCUT2D eigenvalue weighted by Crippen LogP contribution is 2.39. The molecule has 0 radical (unpaired) electrons. The van der Waals surface area contributed by atoms with Crippen molar-refractivity contribution in [3.63, 3.8) is 0 Å². The standard InChI is InChI=1S/C41H27N3/c1-5-14-28(15-6-1)33-22-13-23-35-39(33)34-25-24-32(26-38(34)42-40(35)30-18-9-3-10-19-30)37-27-36(29-16-7-2-8-17-29)43-41(44-37)31-20-11-4-12-21-31/h1-27H. The second kappa shape index (κ2) is 11.0. The van der Waals surface area contributed by atoms with Gasteiger partial charge in [0.1, 0.15) is 0 Å². The Bertz CT molecular complexity index is 2190. The lowest BCUT2D eigenvalue weighted by Crippen LogP contribution is -1.96. The molecule has 2 heterocycles. The molecule has 8 aromatic rings. The molecule has 6 aromatic carbocycles. The van der Waals surface area contributed by atoms with E-state index in [1.807, 2.05) is 42.5 Å². The van der Waals surface area contributed by atoms with Crippen LogP contribution in [0.2, 0.25) is 0 Å². The largest absolute Gasteiger partial charge is 0.247 e. The molecule has 2 aromatic heterocycles. The summed E-state index contributed by atoms with van der Waals surface area (Å²) in [4.78, 5) is 15.4. The molecule has 3 nitrogen and oxygen atoms in total. The molecule has 0 atom stereocenters. The predicted molar refractivity (Wildman–Crippen MR) is 182 cm³/mol. The maximum atomic E-state index is 5.31. The van der Waals surface area contributed by atoms with Gasteiger partial charge in [0.15, 0.2) is 5.82 Å². The van der Waals surface area contributed by atoms with Crippen LogP contribution >= 0.6 is 0 Å². The van der Waals surface area contributed by atoms with Gasteiger partial charge in [0.25, 0.3) is 0 Å². The zero-order valence-corrected chi connectivity index (χ0v) is 23.9. The lowest BCUT2D eigenvalue weighted by Gasteiger charge is -2.15. The quantitative estimate of drug-likeness (QED) is 0.196. The van der Waals surface area contributed by atoms with Crippen LogP contribution in [0, 0.1) is 0 Å². The van der Waals surface area contributed by atoms with Crippen LogP contribution in [0.15, 0.2) is 164 Å². The number of rotatable bonds is 5. The van der Waals surface area contributed by atoms with Gasteiger partial charge < -0.3 is 0 Å². The zero-order chi connectivity index (χ0) is 29.3. The van der Waals surface area contributed by atoms with Crippen molar-refractivity contribution in [1.82, 2.24) is 15.0 Å². The summed E-state index contributed by atoms with van der Waals surface area (Å²) in [7, 11) is 0. The van der Waals surface area contributed by atoms with Crippen LogP contribution in [0.4, 0.5) is 0 Å². The van der Waals surface area contributed by atoms with E-state index in [1.54, 1.807) is 0 Å². The Morgan fingerprint density at radius 2 is 0.909 bits per heavy atom. The van der Waals surface area contributed by atoms with Crippen LogP contribution in [-0.2, 0) is 0 Å². The Morgan fingerprint density at radius 1 is 0.341 bits per heavy atom. The van der Waals surface area contributed by atoms with E-state index in [9.17, 15) is 0 Å². The summed E-state index contributed by atoms with van der Waals surface area (Å²) in [6.45, 7) is 0. The number of hydrogen-bond donors (Lipinski definition) is 0. The fourth-order valence-electron chi connectivity index (χ4n) is 5.96. The molecule has 0 aliphatic heterocycles. The normalized spacial score (nSPS) is 11.2. The first-order valence-corrected chi connectivity index (χ1v) is 14.8. The highest BCUT2D eigenvalue weighted by atomic mass is 14.9. The number of hydrogen-bond acceptors (Lipinski definition) is 3. The number of benzene rings is 6. The molecule has 0 bridgehead atoms. The second-order valence-electron chi connectivity index (χ2n) is 10.8. The molecule has 0 spiro atoms. The maximum absolute atomic E-state index is 5.31. The molecule has 0 N–H and O–H groups in total. The van der Waals surface area contributed by atoms with Crippen LogP contribution in [0.3, 0.4) is 0 Å². The van der Waals surface area contributed by atoms with E-state index < -0.39 is 0 Å². The summed E-state index contributed by atoms with van der Waals surface area (Å²) in [5.74, 6) is 0.699. The zero-order valence-electron chi connectivity index (χ0n) is 23.9. The van der Waals surface area contributed by atoms with Crippen LogP contribution in [0.5, 0.6) is 0 Å². The van der Waals surface area contributed by atoms with Gasteiger partial charge in [-0.2, -0.15) is 0 Å². The third kappa shape index (κ3) is 4.71. The van der Waals surface area contributed by atoms with Gasteiger partial charge in [0.05, 0.1) is 22.6 Å². The fourth-order valence-corrected chi connectivity index (χ4v) is 5.96. The van der Waals surface area contributed by atoms with Crippen molar-refractivity contribution in [2.75, 3.05) is 0 Å². The van der Waals surface area contributed by atoms with Crippen molar-refractivity contribution in [1.29, 1.82) is 0 Å². The molecule has 8 rings (SSSR count). The first-order valence-electron chi connectivity index (χ1n) is 14.8. The average Bonchev–Trinajstić information content (AvgIpc) is 3.12. The molecule has 0 aliphatic rings. The SMILES string of the molecule is c1ccc(-c2cc(-c3ccc4c(c3)nc(-c3ccccc3)c3cccc(-c5ccccc5)c34)nc(-c3ccccc3)n2)cc1. The summed E-state index contributed by atoms with van der Waals surface area (Å²) in [6.07, 6.45) is 0. The highest BCUT2D eigenvalue weighted by molar-refractivity contribution is 6.17. The number of pyridine rings is 1. The number of aromatic nitrogens is 3. The maximum Gasteiger partial charge on any atom is 0.160 e. The lowest BCUT2D eigenvalue weighted by molar-refractivity contribution is 1.18. The average molecular weight is 562 g/mol.